The van der Waals surface area contributed by atoms with E-state index in [1.807, 2.05) is 19.9 Å². The first-order valence-corrected chi connectivity index (χ1v) is 7.41. The van der Waals surface area contributed by atoms with Crippen molar-refractivity contribution < 1.29 is 4.39 Å². The van der Waals surface area contributed by atoms with Gasteiger partial charge in [0.05, 0.1) is 6.04 Å². The van der Waals surface area contributed by atoms with Gasteiger partial charge in [0, 0.05) is 17.8 Å². The summed E-state index contributed by atoms with van der Waals surface area (Å²) in [6, 6.07) is 5.16. The summed E-state index contributed by atoms with van der Waals surface area (Å²) in [5, 5.41) is 0.269. The molecule has 0 aliphatic carbocycles. The predicted molar refractivity (Wildman–Crippen MR) is 82.4 cm³/mol. The van der Waals surface area contributed by atoms with Crippen molar-refractivity contribution >= 4 is 17.4 Å². The van der Waals surface area contributed by atoms with E-state index in [-0.39, 0.29) is 17.1 Å². The summed E-state index contributed by atoms with van der Waals surface area (Å²) in [7, 11) is 0. The van der Waals surface area contributed by atoms with Gasteiger partial charge in [-0.1, -0.05) is 6.07 Å². The lowest BCUT2D eigenvalue weighted by molar-refractivity contribution is 0.592. The van der Waals surface area contributed by atoms with E-state index in [2.05, 4.69) is 21.8 Å². The van der Waals surface area contributed by atoms with Gasteiger partial charge in [-0.05, 0) is 62.1 Å². The Morgan fingerprint density at radius 3 is 2.81 bits per heavy atom. The van der Waals surface area contributed by atoms with Crippen LogP contribution in [0.25, 0.3) is 0 Å². The molecule has 1 aromatic heterocycles. The first-order chi connectivity index (χ1) is 9.97. The molecule has 0 amide bonds. The molecular formula is C16H17ClFN3. The van der Waals surface area contributed by atoms with Crippen LogP contribution in [0.1, 0.15) is 35.3 Å². The van der Waals surface area contributed by atoms with Crippen molar-refractivity contribution in [1.82, 2.24) is 9.97 Å². The smallest absolute Gasteiger partial charge is 0.224 e. The Balaban J connectivity index is 2.04. The number of hydrogen-bond acceptors (Lipinski definition) is 3. The number of fused-ring (bicyclic) bond motifs is 1. The van der Waals surface area contributed by atoms with E-state index in [4.69, 9.17) is 11.6 Å². The number of benzene rings is 1. The molecule has 0 radical (unpaired) electrons. The lowest BCUT2D eigenvalue weighted by Crippen LogP contribution is -2.35. The van der Waals surface area contributed by atoms with Gasteiger partial charge in [-0.3, -0.25) is 0 Å². The van der Waals surface area contributed by atoms with Crippen LogP contribution in [0.5, 0.6) is 0 Å². The van der Waals surface area contributed by atoms with Gasteiger partial charge in [-0.15, -0.1) is 0 Å². The number of aromatic nitrogens is 2. The third-order valence-electron chi connectivity index (χ3n) is 4.25. The largest absolute Gasteiger partial charge is 0.349 e. The Hall–Kier alpha value is -1.68. The van der Waals surface area contributed by atoms with Crippen molar-refractivity contribution in [2.75, 3.05) is 11.4 Å². The molecule has 0 saturated heterocycles. The van der Waals surface area contributed by atoms with Crippen LogP contribution < -0.4 is 4.90 Å². The fraction of sp³-hybridized carbons (Fsp3) is 0.375. The van der Waals surface area contributed by atoms with E-state index in [1.54, 1.807) is 6.07 Å². The van der Waals surface area contributed by atoms with E-state index in [9.17, 15) is 4.39 Å². The van der Waals surface area contributed by atoms with Crippen molar-refractivity contribution in [3.8, 4) is 0 Å². The zero-order valence-corrected chi connectivity index (χ0v) is 13.1. The van der Waals surface area contributed by atoms with E-state index in [1.165, 1.54) is 6.07 Å². The molecule has 1 aliphatic heterocycles. The van der Waals surface area contributed by atoms with E-state index >= 15 is 0 Å². The predicted octanol–water partition coefficient (Wildman–Crippen LogP) is 4.01. The molecule has 21 heavy (non-hydrogen) atoms. The van der Waals surface area contributed by atoms with Gasteiger partial charge in [-0.2, -0.15) is 0 Å². The third-order valence-corrected chi connectivity index (χ3v) is 4.42. The maximum atomic E-state index is 13.4. The Morgan fingerprint density at radius 1 is 1.29 bits per heavy atom. The molecule has 3 nitrogen and oxygen atoms in total. The summed E-state index contributed by atoms with van der Waals surface area (Å²) in [5.41, 5.74) is 4.15. The average molecular weight is 306 g/mol. The standard InChI is InChI=1S/C16H17ClFN3/c1-9-10(2)19-16(17)20-15(9)21-7-6-12-8-13(18)4-5-14(12)11(21)3/h4-5,8,11H,6-7H2,1-3H3. The summed E-state index contributed by atoms with van der Waals surface area (Å²) in [6.07, 6.45) is 0.803. The molecule has 1 atom stereocenters. The molecule has 2 heterocycles. The van der Waals surface area contributed by atoms with Gasteiger partial charge in [0.1, 0.15) is 11.6 Å². The first kappa shape index (κ1) is 14.3. The van der Waals surface area contributed by atoms with Crippen LogP contribution in [-0.4, -0.2) is 16.5 Å². The normalized spacial score (nSPS) is 17.8. The highest BCUT2D eigenvalue weighted by Gasteiger charge is 2.27. The Bertz CT molecular complexity index is 702. The second-order valence-electron chi connectivity index (χ2n) is 5.49. The number of nitrogens with zero attached hydrogens (tertiary/aromatic N) is 3. The minimum absolute atomic E-state index is 0.137. The van der Waals surface area contributed by atoms with Crippen LogP contribution in [0.2, 0.25) is 5.28 Å². The van der Waals surface area contributed by atoms with E-state index < -0.39 is 0 Å². The summed E-state index contributed by atoms with van der Waals surface area (Å²) in [4.78, 5) is 10.8. The van der Waals surface area contributed by atoms with Crippen LogP contribution in [0, 0.1) is 19.7 Å². The minimum Gasteiger partial charge on any atom is -0.349 e. The third kappa shape index (κ3) is 2.48. The van der Waals surface area contributed by atoms with Crippen molar-refractivity contribution in [1.29, 1.82) is 0 Å². The zero-order valence-electron chi connectivity index (χ0n) is 12.3. The molecule has 2 aromatic rings. The summed E-state index contributed by atoms with van der Waals surface area (Å²) in [6.45, 7) is 6.85. The maximum absolute atomic E-state index is 13.4. The second kappa shape index (κ2) is 5.26. The summed E-state index contributed by atoms with van der Waals surface area (Å²) >= 11 is 6.01. The Kier molecular flexibility index (Phi) is 3.57. The monoisotopic (exact) mass is 305 g/mol. The lowest BCUT2D eigenvalue weighted by atomic mass is 9.93. The molecule has 110 valence electrons. The molecule has 0 N–H and O–H groups in total. The van der Waals surface area contributed by atoms with Gasteiger partial charge >= 0.3 is 0 Å². The van der Waals surface area contributed by atoms with Crippen molar-refractivity contribution in [2.45, 2.75) is 33.2 Å². The van der Waals surface area contributed by atoms with Gasteiger partial charge in [0.2, 0.25) is 5.28 Å². The first-order valence-electron chi connectivity index (χ1n) is 7.03. The van der Waals surface area contributed by atoms with Crippen molar-refractivity contribution in [2.24, 2.45) is 0 Å². The van der Waals surface area contributed by atoms with E-state index in [0.29, 0.717) is 0 Å². The molecule has 0 saturated carbocycles. The topological polar surface area (TPSA) is 29.0 Å². The van der Waals surface area contributed by atoms with Crippen LogP contribution in [0.15, 0.2) is 18.2 Å². The molecule has 1 aromatic carbocycles. The molecule has 0 spiro atoms. The number of hydrogen-bond donors (Lipinski definition) is 0. The molecule has 3 rings (SSSR count). The lowest BCUT2D eigenvalue weighted by Gasteiger charge is -2.37. The Labute approximate surface area is 128 Å². The van der Waals surface area contributed by atoms with Crippen molar-refractivity contribution in [3.05, 3.63) is 51.7 Å². The minimum atomic E-state index is -0.175. The summed E-state index contributed by atoms with van der Waals surface area (Å²) < 4.78 is 13.4. The van der Waals surface area contributed by atoms with Crippen LogP contribution in [0.3, 0.4) is 0 Å². The van der Waals surface area contributed by atoms with Gasteiger partial charge in [0.25, 0.3) is 0 Å². The van der Waals surface area contributed by atoms with Crippen molar-refractivity contribution in [3.63, 3.8) is 0 Å². The SMILES string of the molecule is Cc1nc(Cl)nc(N2CCc3cc(F)ccc3C2C)c1C. The quantitative estimate of drug-likeness (QED) is 0.745. The second-order valence-corrected chi connectivity index (χ2v) is 5.83. The molecule has 1 unspecified atom stereocenters. The Morgan fingerprint density at radius 2 is 2.05 bits per heavy atom. The van der Waals surface area contributed by atoms with Gasteiger partial charge in [0.15, 0.2) is 0 Å². The van der Waals surface area contributed by atoms with E-state index in [0.717, 1.165) is 41.2 Å². The average Bonchev–Trinajstić information content (AvgIpc) is 2.43. The molecule has 0 fully saturated rings. The van der Waals surface area contributed by atoms with Gasteiger partial charge < -0.3 is 4.90 Å². The fourth-order valence-corrected chi connectivity index (χ4v) is 3.16. The highest BCUT2D eigenvalue weighted by atomic mass is 35.5. The number of aryl methyl sites for hydroxylation is 1. The fourth-order valence-electron chi connectivity index (χ4n) is 2.95. The number of halogens is 2. The van der Waals surface area contributed by atoms with Gasteiger partial charge in [-0.25, -0.2) is 14.4 Å². The maximum Gasteiger partial charge on any atom is 0.224 e. The summed E-state index contributed by atoms with van der Waals surface area (Å²) in [5.74, 6) is 0.696. The molecule has 0 bridgehead atoms. The molecule has 5 heteroatoms. The molecule has 1 aliphatic rings. The number of rotatable bonds is 1. The molecular weight excluding hydrogens is 289 g/mol. The van der Waals surface area contributed by atoms with Crippen LogP contribution >= 0.6 is 11.6 Å². The zero-order chi connectivity index (χ0) is 15.1. The highest BCUT2D eigenvalue weighted by molar-refractivity contribution is 6.28. The van der Waals surface area contributed by atoms with Crippen LogP contribution in [-0.2, 0) is 6.42 Å². The highest BCUT2D eigenvalue weighted by Crippen LogP contribution is 2.35. The van der Waals surface area contributed by atoms with Crippen LogP contribution in [0.4, 0.5) is 10.2 Å². The number of anilines is 1.